The van der Waals surface area contributed by atoms with Gasteiger partial charge in [-0.15, -0.1) is 0 Å². The highest BCUT2D eigenvalue weighted by Gasteiger charge is 2.21. The van der Waals surface area contributed by atoms with Crippen molar-refractivity contribution in [2.75, 3.05) is 0 Å². The number of nitrogens with zero attached hydrogens (tertiary/aromatic N) is 1. The molecule has 2 aromatic rings. The minimum absolute atomic E-state index is 0.0119. The summed E-state index contributed by atoms with van der Waals surface area (Å²) in [4.78, 5) is 15.7. The molecule has 0 aliphatic heterocycles. The van der Waals surface area contributed by atoms with Crippen molar-refractivity contribution in [1.82, 2.24) is 15.6 Å². The van der Waals surface area contributed by atoms with E-state index in [1.165, 1.54) is 16.5 Å². The molecule has 1 heterocycles. The monoisotopic (exact) mass is 313 g/mol. The fraction of sp³-hybridized carbons (Fsp3) is 0.474. The second-order valence-corrected chi connectivity index (χ2v) is 6.99. The summed E-state index contributed by atoms with van der Waals surface area (Å²) in [5.41, 5.74) is 3.31. The molecule has 2 N–H and O–H groups in total. The zero-order valence-corrected chi connectivity index (χ0v) is 14.7. The fourth-order valence-electron chi connectivity index (χ4n) is 3.18. The average molecular weight is 313 g/mol. The molecular weight excluding hydrogens is 286 g/mol. The van der Waals surface area contributed by atoms with Crippen LogP contribution in [0.15, 0.2) is 30.5 Å². The van der Waals surface area contributed by atoms with Gasteiger partial charge < -0.3 is 10.6 Å². The number of hydrogen-bond donors (Lipinski definition) is 2. The molecule has 1 atom stereocenters. The van der Waals surface area contributed by atoms with Crippen LogP contribution in [0.25, 0.3) is 10.9 Å². The van der Waals surface area contributed by atoms with E-state index in [1.54, 1.807) is 6.92 Å². The molecule has 23 heavy (non-hydrogen) atoms. The van der Waals surface area contributed by atoms with Crippen molar-refractivity contribution in [2.24, 2.45) is 0 Å². The lowest BCUT2D eigenvalue weighted by Crippen LogP contribution is -2.46. The lowest BCUT2D eigenvalue weighted by Gasteiger charge is -2.29. The van der Waals surface area contributed by atoms with Crippen LogP contribution in [-0.2, 0) is 11.3 Å². The van der Waals surface area contributed by atoms with E-state index in [2.05, 4.69) is 61.5 Å². The highest BCUT2D eigenvalue weighted by Crippen LogP contribution is 2.20. The zero-order valence-electron chi connectivity index (χ0n) is 14.7. The number of nitrogens with one attached hydrogen (secondary N) is 2. The summed E-state index contributed by atoms with van der Waals surface area (Å²) in [5, 5.41) is 7.76. The summed E-state index contributed by atoms with van der Waals surface area (Å²) in [7, 11) is 0. The molecule has 0 saturated carbocycles. The number of carbonyl (C=O) groups is 1. The molecule has 0 bridgehead atoms. The maximum Gasteiger partial charge on any atom is 0.217 e. The summed E-state index contributed by atoms with van der Waals surface area (Å²) in [5.74, 6) is 0.0119. The van der Waals surface area contributed by atoms with Gasteiger partial charge in [0.25, 0.3) is 0 Å². The molecule has 4 heteroatoms. The van der Waals surface area contributed by atoms with Gasteiger partial charge in [0.15, 0.2) is 0 Å². The van der Waals surface area contributed by atoms with E-state index in [1.807, 2.05) is 12.3 Å². The molecular formula is C19H27N3O. The van der Waals surface area contributed by atoms with Gasteiger partial charge >= 0.3 is 0 Å². The van der Waals surface area contributed by atoms with Crippen LogP contribution in [0, 0.1) is 6.92 Å². The van der Waals surface area contributed by atoms with Crippen molar-refractivity contribution < 1.29 is 4.79 Å². The van der Waals surface area contributed by atoms with Crippen molar-refractivity contribution in [2.45, 2.75) is 59.2 Å². The zero-order chi connectivity index (χ0) is 17.0. The molecule has 0 aliphatic rings. The third kappa shape index (κ3) is 4.76. The van der Waals surface area contributed by atoms with Crippen molar-refractivity contribution in [1.29, 1.82) is 0 Å². The van der Waals surface area contributed by atoms with Gasteiger partial charge in [-0.3, -0.25) is 9.78 Å². The molecule has 0 radical (unpaired) electrons. The summed E-state index contributed by atoms with van der Waals surface area (Å²) in [6, 6.07) is 8.69. The average Bonchev–Trinajstić information content (AvgIpc) is 2.45. The van der Waals surface area contributed by atoms with Gasteiger partial charge in [-0.25, -0.2) is 0 Å². The lowest BCUT2D eigenvalue weighted by atomic mass is 9.95. The van der Waals surface area contributed by atoms with Gasteiger partial charge in [0.2, 0.25) is 5.91 Å². The van der Waals surface area contributed by atoms with E-state index in [9.17, 15) is 4.79 Å². The van der Waals surface area contributed by atoms with E-state index < -0.39 is 0 Å². The first-order valence-electron chi connectivity index (χ1n) is 8.14. The Morgan fingerprint density at radius 3 is 2.74 bits per heavy atom. The summed E-state index contributed by atoms with van der Waals surface area (Å²) >= 11 is 0. The number of pyridine rings is 1. The Kier molecular flexibility index (Phi) is 5.37. The number of benzene rings is 1. The van der Waals surface area contributed by atoms with Crippen LogP contribution in [0.1, 0.15) is 45.2 Å². The van der Waals surface area contributed by atoms with Gasteiger partial charge in [0.05, 0.1) is 5.52 Å². The second kappa shape index (κ2) is 7.09. The molecule has 1 aromatic heterocycles. The number of carbonyl (C=O) groups excluding carboxylic acids is 1. The molecule has 2 rings (SSSR count). The summed E-state index contributed by atoms with van der Waals surface area (Å²) in [6.07, 6.45) is 2.71. The molecule has 0 spiro atoms. The molecule has 0 saturated heterocycles. The van der Waals surface area contributed by atoms with Crippen LogP contribution in [-0.4, -0.2) is 22.5 Å². The van der Waals surface area contributed by atoms with Crippen LogP contribution < -0.4 is 10.6 Å². The third-order valence-corrected chi connectivity index (χ3v) is 4.03. The van der Waals surface area contributed by atoms with Crippen LogP contribution >= 0.6 is 0 Å². The van der Waals surface area contributed by atoms with Crippen LogP contribution in [0.4, 0.5) is 0 Å². The largest absolute Gasteiger partial charge is 0.351 e. The topological polar surface area (TPSA) is 54.0 Å². The molecule has 1 aromatic carbocycles. The number of fused-ring (bicyclic) bond motifs is 1. The molecule has 1 amide bonds. The number of aryl methyl sites for hydroxylation is 1. The Balaban J connectivity index is 2.04. The fourth-order valence-corrected chi connectivity index (χ4v) is 3.18. The van der Waals surface area contributed by atoms with Gasteiger partial charge in [-0.05, 0) is 51.3 Å². The SMILES string of the molecule is CC(=O)NC(C)(C)CC(C)NCc1ccc(C)c2ncccc12. The van der Waals surface area contributed by atoms with Crippen molar-refractivity contribution in [3.8, 4) is 0 Å². The Hall–Kier alpha value is -1.94. The Bertz CT molecular complexity index is 694. The van der Waals surface area contributed by atoms with Crippen molar-refractivity contribution >= 4 is 16.8 Å². The maximum absolute atomic E-state index is 11.3. The summed E-state index contributed by atoms with van der Waals surface area (Å²) < 4.78 is 0. The number of hydrogen-bond acceptors (Lipinski definition) is 3. The van der Waals surface area contributed by atoms with Gasteiger partial charge in [-0.1, -0.05) is 18.2 Å². The number of aromatic nitrogens is 1. The van der Waals surface area contributed by atoms with Crippen molar-refractivity contribution in [3.05, 3.63) is 41.6 Å². The molecule has 4 nitrogen and oxygen atoms in total. The Morgan fingerprint density at radius 1 is 1.30 bits per heavy atom. The van der Waals surface area contributed by atoms with Gasteiger partial charge in [-0.2, -0.15) is 0 Å². The van der Waals surface area contributed by atoms with E-state index in [-0.39, 0.29) is 11.4 Å². The summed E-state index contributed by atoms with van der Waals surface area (Å²) in [6.45, 7) is 10.7. The quantitative estimate of drug-likeness (QED) is 0.860. The normalized spacial score (nSPS) is 13.1. The third-order valence-electron chi connectivity index (χ3n) is 4.03. The first kappa shape index (κ1) is 17.4. The number of amides is 1. The van der Waals surface area contributed by atoms with Crippen molar-refractivity contribution in [3.63, 3.8) is 0 Å². The van der Waals surface area contributed by atoms with Gasteiger partial charge in [0, 0.05) is 36.6 Å². The molecule has 0 aliphatic carbocycles. The molecule has 124 valence electrons. The predicted molar refractivity (Wildman–Crippen MR) is 95.3 cm³/mol. The predicted octanol–water partition coefficient (Wildman–Crippen LogP) is 3.33. The second-order valence-electron chi connectivity index (χ2n) is 6.99. The van der Waals surface area contributed by atoms with Crippen LogP contribution in [0.5, 0.6) is 0 Å². The van der Waals surface area contributed by atoms with E-state index in [0.29, 0.717) is 6.04 Å². The molecule has 0 fully saturated rings. The molecule has 1 unspecified atom stereocenters. The standard InChI is InChI=1S/C19H27N3O/c1-13-8-9-16(17-7-6-10-20-18(13)17)12-21-14(2)11-19(4,5)22-15(3)23/h6-10,14,21H,11-12H2,1-5H3,(H,22,23). The van der Waals surface area contributed by atoms with E-state index in [0.717, 1.165) is 18.5 Å². The first-order chi connectivity index (χ1) is 10.8. The minimum atomic E-state index is -0.213. The van der Waals surface area contributed by atoms with E-state index in [4.69, 9.17) is 0 Å². The Morgan fingerprint density at radius 2 is 2.04 bits per heavy atom. The number of rotatable bonds is 6. The van der Waals surface area contributed by atoms with Crippen LogP contribution in [0.3, 0.4) is 0 Å². The highest BCUT2D eigenvalue weighted by molar-refractivity contribution is 5.84. The lowest BCUT2D eigenvalue weighted by molar-refractivity contribution is -0.120. The smallest absolute Gasteiger partial charge is 0.217 e. The van der Waals surface area contributed by atoms with E-state index >= 15 is 0 Å². The minimum Gasteiger partial charge on any atom is -0.351 e. The Labute approximate surface area is 138 Å². The van der Waals surface area contributed by atoms with Gasteiger partial charge in [0.1, 0.15) is 0 Å². The highest BCUT2D eigenvalue weighted by atomic mass is 16.1. The maximum atomic E-state index is 11.3. The first-order valence-corrected chi connectivity index (χ1v) is 8.14. The van der Waals surface area contributed by atoms with Crippen LogP contribution in [0.2, 0.25) is 0 Å².